The molecule has 0 saturated heterocycles. The lowest BCUT2D eigenvalue weighted by molar-refractivity contribution is 0.0692. The van der Waals surface area contributed by atoms with Crippen molar-refractivity contribution in [1.82, 2.24) is 9.97 Å². The number of carboxylic acid groups (broad SMARTS) is 1. The number of para-hydroxylation sites is 1. The van der Waals surface area contributed by atoms with E-state index in [1.807, 2.05) is 25.1 Å². The van der Waals surface area contributed by atoms with E-state index in [1.54, 1.807) is 13.0 Å². The Labute approximate surface area is 104 Å². The van der Waals surface area contributed by atoms with Crippen LogP contribution in [-0.2, 0) is 0 Å². The molecule has 0 atom stereocenters. The summed E-state index contributed by atoms with van der Waals surface area (Å²) in [4.78, 5) is 18.9. The second kappa shape index (κ2) is 4.83. The zero-order valence-electron chi connectivity index (χ0n) is 10.0. The van der Waals surface area contributed by atoms with Crippen LogP contribution in [0.25, 0.3) is 0 Å². The number of ether oxygens (including phenoxy) is 1. The van der Waals surface area contributed by atoms with Crippen molar-refractivity contribution in [3.05, 3.63) is 47.4 Å². The highest BCUT2D eigenvalue weighted by molar-refractivity contribution is 5.89. The third-order valence-electron chi connectivity index (χ3n) is 2.40. The molecule has 2 rings (SSSR count). The van der Waals surface area contributed by atoms with Gasteiger partial charge in [0.1, 0.15) is 17.1 Å². The molecule has 1 N–H and O–H groups in total. The van der Waals surface area contributed by atoms with Crippen molar-refractivity contribution in [3.8, 4) is 11.6 Å². The summed E-state index contributed by atoms with van der Waals surface area (Å²) in [5, 5.41) is 9.04. The van der Waals surface area contributed by atoms with Crippen molar-refractivity contribution in [3.63, 3.8) is 0 Å². The number of hydrogen-bond acceptors (Lipinski definition) is 4. The summed E-state index contributed by atoms with van der Waals surface area (Å²) in [6.45, 7) is 3.56. The summed E-state index contributed by atoms with van der Waals surface area (Å²) in [5.41, 5.74) is 0.856. The van der Waals surface area contributed by atoms with E-state index in [4.69, 9.17) is 9.84 Å². The van der Waals surface area contributed by atoms with Gasteiger partial charge in [-0.15, -0.1) is 0 Å². The molecule has 1 heterocycles. The minimum atomic E-state index is -1.11. The number of aromatic nitrogens is 2. The summed E-state index contributed by atoms with van der Waals surface area (Å²) in [6, 6.07) is 7.34. The standard InChI is InChI=1S/C13H12N2O3/c1-8-5-3-4-6-11(8)18-12-10(13(16)17)7-14-9(2)15-12/h3-7H,1-2H3,(H,16,17). The average Bonchev–Trinajstić information content (AvgIpc) is 2.32. The maximum atomic E-state index is 11.0. The summed E-state index contributed by atoms with van der Waals surface area (Å²) in [6.07, 6.45) is 1.25. The van der Waals surface area contributed by atoms with Gasteiger partial charge in [0.25, 0.3) is 0 Å². The molecular formula is C13H12N2O3. The Kier molecular flexibility index (Phi) is 3.23. The van der Waals surface area contributed by atoms with Gasteiger partial charge < -0.3 is 9.84 Å². The smallest absolute Gasteiger partial charge is 0.342 e. The minimum absolute atomic E-state index is 0.0520. The normalized spacial score (nSPS) is 10.1. The Morgan fingerprint density at radius 1 is 1.28 bits per heavy atom. The van der Waals surface area contributed by atoms with Gasteiger partial charge in [0, 0.05) is 6.20 Å². The van der Waals surface area contributed by atoms with E-state index in [9.17, 15) is 4.79 Å². The van der Waals surface area contributed by atoms with Crippen LogP contribution in [0.4, 0.5) is 0 Å². The van der Waals surface area contributed by atoms with Gasteiger partial charge >= 0.3 is 5.97 Å². The molecule has 1 aromatic heterocycles. The largest absolute Gasteiger partial charge is 0.477 e. The fourth-order valence-electron chi connectivity index (χ4n) is 1.45. The van der Waals surface area contributed by atoms with Crippen molar-refractivity contribution in [2.24, 2.45) is 0 Å². The number of benzene rings is 1. The molecule has 0 saturated carbocycles. The van der Waals surface area contributed by atoms with Gasteiger partial charge in [-0.1, -0.05) is 18.2 Å². The number of rotatable bonds is 3. The SMILES string of the molecule is Cc1ncc(C(=O)O)c(Oc2ccccc2C)n1. The zero-order chi connectivity index (χ0) is 13.1. The van der Waals surface area contributed by atoms with E-state index in [2.05, 4.69) is 9.97 Å². The van der Waals surface area contributed by atoms with Crippen LogP contribution in [0.3, 0.4) is 0 Å². The lowest BCUT2D eigenvalue weighted by atomic mass is 10.2. The van der Waals surface area contributed by atoms with Crippen molar-refractivity contribution in [1.29, 1.82) is 0 Å². The van der Waals surface area contributed by atoms with Gasteiger partial charge in [-0.2, -0.15) is 4.98 Å². The first kappa shape index (κ1) is 12.0. The van der Waals surface area contributed by atoms with Gasteiger partial charge in [-0.05, 0) is 25.5 Å². The number of carboxylic acids is 1. The highest BCUT2D eigenvalue weighted by Gasteiger charge is 2.15. The zero-order valence-corrected chi connectivity index (χ0v) is 10.0. The lowest BCUT2D eigenvalue weighted by Gasteiger charge is -2.09. The maximum Gasteiger partial charge on any atom is 0.342 e. The number of carbonyl (C=O) groups is 1. The van der Waals surface area contributed by atoms with Crippen LogP contribution >= 0.6 is 0 Å². The van der Waals surface area contributed by atoms with Crippen molar-refractivity contribution < 1.29 is 14.6 Å². The molecule has 92 valence electrons. The molecule has 0 aliphatic heterocycles. The first-order valence-corrected chi connectivity index (χ1v) is 5.38. The lowest BCUT2D eigenvalue weighted by Crippen LogP contribution is -2.05. The number of aromatic carboxylic acids is 1. The van der Waals surface area contributed by atoms with Crippen LogP contribution < -0.4 is 4.74 Å². The minimum Gasteiger partial charge on any atom is -0.477 e. The fraction of sp³-hybridized carbons (Fsp3) is 0.154. The van der Waals surface area contributed by atoms with Gasteiger partial charge in [0.15, 0.2) is 0 Å². The third kappa shape index (κ3) is 2.45. The Morgan fingerprint density at radius 3 is 2.67 bits per heavy atom. The molecule has 2 aromatic rings. The Balaban J connectivity index is 2.42. The fourth-order valence-corrected chi connectivity index (χ4v) is 1.45. The van der Waals surface area contributed by atoms with Crippen LogP contribution in [0.15, 0.2) is 30.5 Å². The predicted molar refractivity (Wildman–Crippen MR) is 65.0 cm³/mol. The monoisotopic (exact) mass is 244 g/mol. The van der Waals surface area contributed by atoms with Crippen LogP contribution in [-0.4, -0.2) is 21.0 Å². The summed E-state index contributed by atoms with van der Waals surface area (Å²) < 4.78 is 5.55. The average molecular weight is 244 g/mol. The Bertz CT molecular complexity index is 597. The van der Waals surface area contributed by atoms with Crippen LogP contribution in [0.2, 0.25) is 0 Å². The topological polar surface area (TPSA) is 72.3 Å². The van der Waals surface area contributed by atoms with E-state index in [1.165, 1.54) is 6.20 Å². The quantitative estimate of drug-likeness (QED) is 0.898. The van der Waals surface area contributed by atoms with Crippen LogP contribution in [0.1, 0.15) is 21.7 Å². The second-order valence-corrected chi connectivity index (χ2v) is 3.81. The molecule has 0 aliphatic rings. The molecule has 0 fully saturated rings. The molecule has 18 heavy (non-hydrogen) atoms. The van der Waals surface area contributed by atoms with Crippen molar-refractivity contribution in [2.75, 3.05) is 0 Å². The molecule has 0 radical (unpaired) electrons. The number of aryl methyl sites for hydroxylation is 2. The van der Waals surface area contributed by atoms with E-state index in [-0.39, 0.29) is 11.4 Å². The van der Waals surface area contributed by atoms with Gasteiger partial charge in [-0.3, -0.25) is 0 Å². The van der Waals surface area contributed by atoms with Crippen molar-refractivity contribution >= 4 is 5.97 Å². The summed E-state index contributed by atoms with van der Waals surface area (Å²) >= 11 is 0. The molecule has 5 nitrogen and oxygen atoms in total. The number of hydrogen-bond donors (Lipinski definition) is 1. The third-order valence-corrected chi connectivity index (χ3v) is 2.40. The highest BCUT2D eigenvalue weighted by atomic mass is 16.5. The van der Waals surface area contributed by atoms with E-state index in [0.717, 1.165) is 5.56 Å². The summed E-state index contributed by atoms with van der Waals surface area (Å²) in [7, 11) is 0. The van der Waals surface area contributed by atoms with Crippen molar-refractivity contribution in [2.45, 2.75) is 13.8 Å². The van der Waals surface area contributed by atoms with E-state index < -0.39 is 5.97 Å². The van der Waals surface area contributed by atoms with Crippen LogP contribution in [0, 0.1) is 13.8 Å². The molecule has 0 spiro atoms. The molecule has 0 bridgehead atoms. The molecule has 0 unspecified atom stereocenters. The molecule has 0 aliphatic carbocycles. The maximum absolute atomic E-state index is 11.0. The van der Waals surface area contributed by atoms with Gasteiger partial charge in [0.05, 0.1) is 0 Å². The first-order valence-electron chi connectivity index (χ1n) is 5.38. The molecular weight excluding hydrogens is 232 g/mol. The predicted octanol–water partition coefficient (Wildman–Crippen LogP) is 2.58. The summed E-state index contributed by atoms with van der Waals surface area (Å²) in [5.74, 6) is -0.00966. The van der Waals surface area contributed by atoms with E-state index in [0.29, 0.717) is 11.6 Å². The highest BCUT2D eigenvalue weighted by Crippen LogP contribution is 2.25. The van der Waals surface area contributed by atoms with Crippen LogP contribution in [0.5, 0.6) is 11.6 Å². The molecule has 5 heteroatoms. The van der Waals surface area contributed by atoms with E-state index >= 15 is 0 Å². The molecule has 0 amide bonds. The number of nitrogens with zero attached hydrogens (tertiary/aromatic N) is 2. The Morgan fingerprint density at radius 2 is 2.00 bits per heavy atom. The second-order valence-electron chi connectivity index (χ2n) is 3.81. The molecule has 1 aromatic carbocycles. The van der Waals surface area contributed by atoms with Gasteiger partial charge in [-0.25, -0.2) is 9.78 Å². The van der Waals surface area contributed by atoms with Gasteiger partial charge in [0.2, 0.25) is 5.88 Å². The Hall–Kier alpha value is -2.43. The first-order chi connectivity index (χ1) is 8.58.